The van der Waals surface area contributed by atoms with E-state index in [0.717, 1.165) is 0 Å². The van der Waals surface area contributed by atoms with E-state index in [-0.39, 0.29) is 37.5 Å². The van der Waals surface area contributed by atoms with E-state index >= 15 is 0 Å². The highest BCUT2D eigenvalue weighted by molar-refractivity contribution is 6.59. The summed E-state index contributed by atoms with van der Waals surface area (Å²) in [7, 11) is -3.47. The molecule has 0 atom stereocenters. The number of halogens is 5. The molecule has 0 aliphatic carbocycles. The van der Waals surface area contributed by atoms with Crippen LogP contribution in [0.25, 0.3) is 0 Å². The zero-order chi connectivity index (χ0) is 19.4. The molecule has 144 valence electrons. The third-order valence-electron chi connectivity index (χ3n) is 3.31. The molecule has 0 saturated heterocycles. The summed E-state index contributed by atoms with van der Waals surface area (Å²) in [5.41, 5.74) is -0.851. The molecule has 0 aromatic heterocycles. The second kappa shape index (κ2) is 9.06. The zero-order valence-corrected chi connectivity index (χ0v) is 15.6. The third-order valence-corrected chi connectivity index (χ3v) is 5.97. The first kappa shape index (κ1) is 22.0. The molecule has 0 amide bonds. The molecule has 0 aliphatic heterocycles. The maximum Gasteiger partial charge on any atom is 0.498 e. The van der Waals surface area contributed by atoms with Crippen LogP contribution >= 0.6 is 0 Å². The van der Waals surface area contributed by atoms with Crippen molar-refractivity contribution in [3.05, 3.63) is 34.6 Å². The molecule has 0 bridgehead atoms. The highest BCUT2D eigenvalue weighted by Gasteiger charge is 2.38. The predicted octanol–water partition coefficient (Wildman–Crippen LogP) is 4.49. The summed E-state index contributed by atoms with van der Waals surface area (Å²) in [6.07, 6.45) is -0.533. The summed E-state index contributed by atoms with van der Waals surface area (Å²) in [6.45, 7) is 6.93. The zero-order valence-electron chi connectivity index (χ0n) is 14.6. The van der Waals surface area contributed by atoms with E-state index in [1.165, 1.54) is 0 Å². The maximum atomic E-state index is 13.6. The van der Waals surface area contributed by atoms with Gasteiger partial charge in [-0.25, -0.2) is 22.0 Å². The van der Waals surface area contributed by atoms with Gasteiger partial charge >= 0.3 is 8.80 Å². The second-order valence-electron chi connectivity index (χ2n) is 6.30. The van der Waals surface area contributed by atoms with Gasteiger partial charge in [0.1, 0.15) is 0 Å². The number of rotatable bonds is 9. The first-order chi connectivity index (χ1) is 11.5. The van der Waals surface area contributed by atoms with Gasteiger partial charge < -0.3 is 13.6 Å². The fraction of sp³-hybridized carbons (Fsp3) is 0.625. The third kappa shape index (κ3) is 6.02. The van der Waals surface area contributed by atoms with Crippen LogP contribution in [0, 0.1) is 29.1 Å². The Labute approximate surface area is 145 Å². The predicted molar refractivity (Wildman–Crippen MR) is 84.4 cm³/mol. The molecule has 0 spiro atoms. The molecule has 3 nitrogen and oxygen atoms in total. The standard InChI is InChI=1S/C16H23F5O3Si/c1-9(2)23-25(22,24-10(3)4)8-6-5-7-11-12(17)14(19)16(21)15(20)13(11)18/h9-10,22H,5-8H2,1-4H3. The first-order valence-electron chi connectivity index (χ1n) is 8.06. The molecule has 0 radical (unpaired) electrons. The van der Waals surface area contributed by atoms with Crippen molar-refractivity contribution in [2.75, 3.05) is 0 Å². The highest BCUT2D eigenvalue weighted by atomic mass is 28.4. The first-order valence-corrected chi connectivity index (χ1v) is 10.0. The largest absolute Gasteiger partial charge is 0.498 e. The van der Waals surface area contributed by atoms with E-state index in [4.69, 9.17) is 8.85 Å². The molecular weight excluding hydrogens is 363 g/mol. The van der Waals surface area contributed by atoms with Crippen LogP contribution < -0.4 is 0 Å². The molecular formula is C16H23F5O3Si. The van der Waals surface area contributed by atoms with Crippen molar-refractivity contribution in [1.82, 2.24) is 0 Å². The van der Waals surface area contributed by atoms with Gasteiger partial charge in [-0.1, -0.05) is 0 Å². The number of hydrogen-bond donors (Lipinski definition) is 1. The van der Waals surface area contributed by atoms with Gasteiger partial charge in [0.25, 0.3) is 0 Å². The van der Waals surface area contributed by atoms with Gasteiger partial charge in [0, 0.05) is 23.8 Å². The lowest BCUT2D eigenvalue weighted by Crippen LogP contribution is -2.46. The molecule has 1 N–H and O–H groups in total. The van der Waals surface area contributed by atoms with Crippen LogP contribution in [0.4, 0.5) is 22.0 Å². The Morgan fingerprint density at radius 1 is 0.760 bits per heavy atom. The van der Waals surface area contributed by atoms with Gasteiger partial charge in [0.2, 0.25) is 5.82 Å². The molecule has 25 heavy (non-hydrogen) atoms. The molecule has 0 saturated carbocycles. The molecule has 1 aromatic carbocycles. The van der Waals surface area contributed by atoms with Crippen LogP contribution in [0.2, 0.25) is 6.04 Å². The summed E-state index contributed by atoms with van der Waals surface area (Å²) < 4.78 is 77.4. The molecule has 1 aromatic rings. The van der Waals surface area contributed by atoms with E-state index in [0.29, 0.717) is 0 Å². The smallest absolute Gasteiger partial charge is 0.390 e. The minimum atomic E-state index is -3.47. The van der Waals surface area contributed by atoms with E-state index in [1.807, 2.05) is 0 Å². The minimum Gasteiger partial charge on any atom is -0.390 e. The van der Waals surface area contributed by atoms with Gasteiger partial charge in [0.15, 0.2) is 23.3 Å². The van der Waals surface area contributed by atoms with Crippen LogP contribution in [0.5, 0.6) is 0 Å². The Bertz CT molecular complexity index is 557. The normalized spacial score (nSPS) is 12.5. The van der Waals surface area contributed by atoms with Crippen molar-refractivity contribution >= 4 is 8.80 Å². The van der Waals surface area contributed by atoms with E-state index < -0.39 is 43.5 Å². The average molecular weight is 386 g/mol. The minimum absolute atomic E-state index is 0.108. The lowest BCUT2D eigenvalue weighted by Gasteiger charge is -2.28. The van der Waals surface area contributed by atoms with Gasteiger partial charge in [-0.15, -0.1) is 0 Å². The number of benzene rings is 1. The van der Waals surface area contributed by atoms with E-state index in [1.54, 1.807) is 27.7 Å². The molecule has 0 fully saturated rings. The molecule has 0 aliphatic rings. The van der Waals surface area contributed by atoms with Gasteiger partial charge in [0.05, 0.1) is 0 Å². The summed E-state index contributed by atoms with van der Waals surface area (Å²) in [5, 5.41) is 0. The molecule has 0 unspecified atom stereocenters. The summed E-state index contributed by atoms with van der Waals surface area (Å²) in [4.78, 5) is 10.5. The Hall–Kier alpha value is -1.03. The van der Waals surface area contributed by atoms with Crippen LogP contribution in [0.15, 0.2) is 0 Å². The Balaban J connectivity index is 2.74. The Morgan fingerprint density at radius 2 is 1.16 bits per heavy atom. The quantitative estimate of drug-likeness (QED) is 0.224. The van der Waals surface area contributed by atoms with E-state index in [2.05, 4.69) is 0 Å². The van der Waals surface area contributed by atoms with Gasteiger partial charge in [-0.05, 0) is 47.0 Å². The maximum absolute atomic E-state index is 13.6. The lowest BCUT2D eigenvalue weighted by molar-refractivity contribution is 0.0472. The summed E-state index contributed by atoms with van der Waals surface area (Å²) in [6, 6.07) is 0.124. The topological polar surface area (TPSA) is 38.7 Å². The van der Waals surface area contributed by atoms with Gasteiger partial charge in [-0.3, -0.25) is 0 Å². The van der Waals surface area contributed by atoms with Crippen molar-refractivity contribution < 1.29 is 35.6 Å². The van der Waals surface area contributed by atoms with Crippen LogP contribution in [0.3, 0.4) is 0 Å². The fourth-order valence-corrected chi connectivity index (χ4v) is 4.86. The van der Waals surface area contributed by atoms with Crippen molar-refractivity contribution in [3.8, 4) is 0 Å². The second-order valence-corrected chi connectivity index (χ2v) is 8.70. The monoisotopic (exact) mass is 386 g/mol. The van der Waals surface area contributed by atoms with Crippen molar-refractivity contribution in [2.24, 2.45) is 0 Å². The molecule has 0 heterocycles. The summed E-state index contributed by atoms with van der Waals surface area (Å²) in [5.74, 6) is -9.71. The number of hydrogen-bond acceptors (Lipinski definition) is 3. The Morgan fingerprint density at radius 3 is 1.56 bits per heavy atom. The number of unbranched alkanes of at least 4 members (excludes halogenated alkanes) is 1. The summed E-state index contributed by atoms with van der Waals surface area (Å²) >= 11 is 0. The fourth-order valence-electron chi connectivity index (χ4n) is 2.40. The van der Waals surface area contributed by atoms with E-state index in [9.17, 15) is 26.7 Å². The van der Waals surface area contributed by atoms with Crippen molar-refractivity contribution in [2.45, 2.75) is 65.2 Å². The van der Waals surface area contributed by atoms with Gasteiger partial charge in [-0.2, -0.15) is 0 Å². The average Bonchev–Trinajstić information content (AvgIpc) is 2.48. The van der Waals surface area contributed by atoms with Crippen molar-refractivity contribution in [1.29, 1.82) is 0 Å². The molecule has 1 rings (SSSR count). The van der Waals surface area contributed by atoms with Crippen LogP contribution in [-0.4, -0.2) is 25.8 Å². The molecule has 9 heteroatoms. The van der Waals surface area contributed by atoms with Crippen LogP contribution in [-0.2, 0) is 15.3 Å². The van der Waals surface area contributed by atoms with Crippen molar-refractivity contribution in [3.63, 3.8) is 0 Å². The Kier molecular flexibility index (Phi) is 7.98. The van der Waals surface area contributed by atoms with Crippen LogP contribution in [0.1, 0.15) is 46.1 Å². The highest BCUT2D eigenvalue weighted by Crippen LogP contribution is 2.25. The SMILES string of the molecule is CC(C)O[Si](O)(CCCCc1c(F)c(F)c(F)c(F)c1F)OC(C)C. The lowest BCUT2D eigenvalue weighted by atomic mass is 10.1.